The van der Waals surface area contributed by atoms with E-state index >= 15 is 0 Å². The first-order valence-corrected chi connectivity index (χ1v) is 11.2. The maximum atomic E-state index is 12.8. The third-order valence-electron chi connectivity index (χ3n) is 7.35. The summed E-state index contributed by atoms with van der Waals surface area (Å²) in [4.78, 5) is 27.3. The van der Waals surface area contributed by atoms with Crippen LogP contribution in [0, 0.1) is 5.92 Å². The highest BCUT2D eigenvalue weighted by molar-refractivity contribution is 5.79. The summed E-state index contributed by atoms with van der Waals surface area (Å²) >= 11 is 0. The van der Waals surface area contributed by atoms with Gasteiger partial charge in [0.15, 0.2) is 0 Å². The highest BCUT2D eigenvalue weighted by Crippen LogP contribution is 2.52. The quantitative estimate of drug-likeness (QED) is 0.804. The molecule has 2 amide bonds. The molecule has 2 aliphatic carbocycles. The Morgan fingerprint density at radius 2 is 1.82 bits per heavy atom. The molecule has 28 heavy (non-hydrogen) atoms. The van der Waals surface area contributed by atoms with Crippen molar-refractivity contribution in [3.63, 3.8) is 0 Å². The summed E-state index contributed by atoms with van der Waals surface area (Å²) in [6, 6.07) is 9.16. The molecule has 1 aromatic rings. The number of carbonyl (C=O) groups is 2. The predicted molar refractivity (Wildman–Crippen MR) is 111 cm³/mol. The van der Waals surface area contributed by atoms with E-state index in [-0.39, 0.29) is 17.2 Å². The molecule has 1 unspecified atom stereocenters. The molecule has 152 valence electrons. The van der Waals surface area contributed by atoms with E-state index in [9.17, 15) is 9.59 Å². The third-order valence-corrected chi connectivity index (χ3v) is 7.35. The van der Waals surface area contributed by atoms with E-state index in [0.717, 1.165) is 58.0 Å². The molecule has 0 aromatic heterocycles. The lowest BCUT2D eigenvalue weighted by Gasteiger charge is -2.41. The average molecular weight is 383 g/mol. The molecule has 4 rings (SSSR count). The molecule has 3 aliphatic rings. The zero-order chi connectivity index (χ0) is 19.7. The fraction of sp³-hybridized carbons (Fsp3) is 0.667. The van der Waals surface area contributed by atoms with E-state index in [4.69, 9.17) is 0 Å². The number of rotatable bonds is 6. The minimum absolute atomic E-state index is 0.145. The molecule has 0 bridgehead atoms. The summed E-state index contributed by atoms with van der Waals surface area (Å²) in [6.45, 7) is 5.93. The zero-order valence-electron chi connectivity index (χ0n) is 17.4. The monoisotopic (exact) mass is 382 g/mol. The van der Waals surface area contributed by atoms with Crippen molar-refractivity contribution >= 4 is 11.8 Å². The number of hydrogen-bond donors (Lipinski definition) is 1. The van der Waals surface area contributed by atoms with Crippen molar-refractivity contribution in [1.82, 2.24) is 10.2 Å². The number of nitrogens with zero attached hydrogens (tertiary/aromatic N) is 1. The first kappa shape index (κ1) is 19.5. The smallest absolute Gasteiger partial charge is 0.225 e. The number of piperidine rings is 1. The fourth-order valence-electron chi connectivity index (χ4n) is 5.47. The fourth-order valence-corrected chi connectivity index (χ4v) is 5.47. The Hall–Kier alpha value is -1.84. The molecule has 4 nitrogen and oxygen atoms in total. The van der Waals surface area contributed by atoms with Gasteiger partial charge in [-0.1, -0.05) is 38.1 Å². The van der Waals surface area contributed by atoms with E-state index in [1.807, 2.05) is 0 Å². The van der Waals surface area contributed by atoms with Crippen molar-refractivity contribution in [2.75, 3.05) is 13.1 Å². The van der Waals surface area contributed by atoms with Gasteiger partial charge >= 0.3 is 0 Å². The molecular weight excluding hydrogens is 348 g/mol. The van der Waals surface area contributed by atoms with Gasteiger partial charge in [0.25, 0.3) is 0 Å². The summed E-state index contributed by atoms with van der Waals surface area (Å²) in [5.74, 6) is 1.03. The highest BCUT2D eigenvalue weighted by atomic mass is 16.2. The van der Waals surface area contributed by atoms with Crippen LogP contribution in [0.15, 0.2) is 24.3 Å². The van der Waals surface area contributed by atoms with Crippen LogP contribution in [-0.2, 0) is 15.0 Å². The summed E-state index contributed by atoms with van der Waals surface area (Å²) < 4.78 is 0. The molecule has 4 heteroatoms. The van der Waals surface area contributed by atoms with Crippen LogP contribution in [0.2, 0.25) is 0 Å². The van der Waals surface area contributed by atoms with Crippen LogP contribution in [0.5, 0.6) is 0 Å². The Bertz CT molecular complexity index is 728. The second-order valence-electron chi connectivity index (χ2n) is 9.15. The minimum Gasteiger partial charge on any atom is -0.353 e. The zero-order valence-corrected chi connectivity index (χ0v) is 17.4. The molecule has 1 saturated carbocycles. The minimum atomic E-state index is 0.145. The Morgan fingerprint density at radius 1 is 1.14 bits per heavy atom. The molecule has 2 fully saturated rings. The van der Waals surface area contributed by atoms with E-state index in [1.165, 1.54) is 11.1 Å². The number of benzene rings is 1. The first-order valence-electron chi connectivity index (χ1n) is 11.2. The van der Waals surface area contributed by atoms with Crippen molar-refractivity contribution < 1.29 is 9.59 Å². The van der Waals surface area contributed by atoms with Gasteiger partial charge in [-0.3, -0.25) is 9.59 Å². The Kier molecular flexibility index (Phi) is 5.48. The molecular formula is C24H34N2O2. The van der Waals surface area contributed by atoms with Crippen molar-refractivity contribution in [3.8, 4) is 0 Å². The molecule has 1 heterocycles. The van der Waals surface area contributed by atoms with Gasteiger partial charge in [-0.25, -0.2) is 0 Å². The number of likely N-dealkylation sites (tertiary alicyclic amines) is 1. The van der Waals surface area contributed by atoms with Crippen LogP contribution < -0.4 is 5.32 Å². The summed E-state index contributed by atoms with van der Waals surface area (Å²) in [7, 11) is 0. The normalized spacial score (nSPS) is 23.1. The maximum Gasteiger partial charge on any atom is 0.225 e. The Morgan fingerprint density at radius 3 is 2.46 bits per heavy atom. The van der Waals surface area contributed by atoms with Crippen LogP contribution in [0.1, 0.15) is 82.3 Å². The van der Waals surface area contributed by atoms with Gasteiger partial charge in [0.05, 0.1) is 0 Å². The van der Waals surface area contributed by atoms with Gasteiger partial charge in [-0.15, -0.1) is 0 Å². The van der Waals surface area contributed by atoms with Crippen molar-refractivity contribution in [1.29, 1.82) is 0 Å². The molecule has 1 atom stereocenters. The second-order valence-corrected chi connectivity index (χ2v) is 9.15. The van der Waals surface area contributed by atoms with Crippen molar-refractivity contribution in [2.24, 2.45) is 5.92 Å². The average Bonchev–Trinajstić information content (AvgIpc) is 3.47. The number of nitrogens with one attached hydrogen (secondary N) is 1. The van der Waals surface area contributed by atoms with E-state index in [1.54, 1.807) is 0 Å². The van der Waals surface area contributed by atoms with E-state index < -0.39 is 0 Å². The molecule has 1 aromatic carbocycles. The van der Waals surface area contributed by atoms with Gasteiger partial charge in [0.1, 0.15) is 0 Å². The summed E-state index contributed by atoms with van der Waals surface area (Å²) in [5.41, 5.74) is 2.95. The lowest BCUT2D eigenvalue weighted by Crippen LogP contribution is -2.46. The van der Waals surface area contributed by atoms with Crippen LogP contribution in [0.25, 0.3) is 0 Å². The second kappa shape index (κ2) is 7.88. The van der Waals surface area contributed by atoms with Crippen LogP contribution >= 0.6 is 0 Å². The molecule has 1 N–H and O–H groups in total. The number of hydrogen-bond acceptors (Lipinski definition) is 2. The Labute approximate surface area is 169 Å². The van der Waals surface area contributed by atoms with E-state index in [2.05, 4.69) is 48.3 Å². The lowest BCUT2D eigenvalue weighted by atomic mass is 9.73. The maximum absolute atomic E-state index is 12.8. The molecule has 1 saturated heterocycles. The van der Waals surface area contributed by atoms with Gasteiger partial charge in [-0.2, -0.15) is 0 Å². The number of amides is 2. The molecule has 0 radical (unpaired) electrons. The Balaban J connectivity index is 1.46. The third kappa shape index (κ3) is 3.70. The molecule has 1 aliphatic heterocycles. The largest absolute Gasteiger partial charge is 0.353 e. The van der Waals surface area contributed by atoms with Gasteiger partial charge in [-0.05, 0) is 67.4 Å². The van der Waals surface area contributed by atoms with Gasteiger partial charge < -0.3 is 10.2 Å². The standard InChI is InChI=1S/C24H34N2O2/c1-3-17(4-2)23(28)26-13-11-24(12-14-26)16-18(15-22(27)25-19-9-10-19)20-7-5-6-8-21(20)24/h5-8,17-19H,3-4,9-16H2,1-2H3,(H,25,27). The first-order chi connectivity index (χ1) is 13.6. The SMILES string of the molecule is CCC(CC)C(=O)N1CCC2(CC1)CC(CC(=O)NC1CC1)c1ccccc12. The number of carbonyl (C=O) groups excluding carboxylic acids is 2. The highest BCUT2D eigenvalue weighted by Gasteiger charge is 2.46. The van der Waals surface area contributed by atoms with Crippen molar-refractivity contribution in [3.05, 3.63) is 35.4 Å². The van der Waals surface area contributed by atoms with Crippen LogP contribution in [-0.4, -0.2) is 35.8 Å². The van der Waals surface area contributed by atoms with Crippen LogP contribution in [0.3, 0.4) is 0 Å². The summed E-state index contributed by atoms with van der Waals surface area (Å²) in [6.07, 6.45) is 7.83. The van der Waals surface area contributed by atoms with Gasteiger partial charge in [0.2, 0.25) is 11.8 Å². The topological polar surface area (TPSA) is 49.4 Å². The van der Waals surface area contributed by atoms with Crippen molar-refractivity contribution in [2.45, 2.75) is 82.6 Å². The predicted octanol–water partition coefficient (Wildman–Crippen LogP) is 4.14. The van der Waals surface area contributed by atoms with Gasteiger partial charge in [0, 0.05) is 31.5 Å². The molecule has 1 spiro atoms. The van der Waals surface area contributed by atoms with E-state index in [0.29, 0.717) is 24.3 Å². The number of fused-ring (bicyclic) bond motifs is 2. The lowest BCUT2D eigenvalue weighted by molar-refractivity contribution is -0.137. The summed E-state index contributed by atoms with van der Waals surface area (Å²) in [5, 5.41) is 3.16. The van der Waals surface area contributed by atoms with Crippen LogP contribution in [0.4, 0.5) is 0 Å².